The highest BCUT2D eigenvalue weighted by molar-refractivity contribution is 6.15. The van der Waals surface area contributed by atoms with Gasteiger partial charge in [-0.05, 0) is 57.1 Å². The van der Waals surface area contributed by atoms with Crippen LogP contribution in [0.3, 0.4) is 0 Å². The molecule has 0 amide bonds. The molecule has 0 bridgehead atoms. The van der Waals surface area contributed by atoms with Crippen molar-refractivity contribution in [1.82, 2.24) is 15.2 Å². The van der Waals surface area contributed by atoms with Crippen molar-refractivity contribution in [2.45, 2.75) is 31.6 Å². The summed E-state index contributed by atoms with van der Waals surface area (Å²) < 4.78 is 2.47. The van der Waals surface area contributed by atoms with Gasteiger partial charge in [-0.25, -0.2) is 4.99 Å². The Morgan fingerprint density at radius 1 is 0.558 bits per heavy atom. The standard InChI is InChI=1S/C48H38N4/c1-48(2)40-22-11-9-21-39(40)43-41(48)29-28-38-37-20-10-12-23-42(37)52(44(38)43)36-19-13-18-35(30-36)47-50-45(33-16-7-4-8-17-33)49-46(51-47)34-26-24-32(25-27-34)31-14-5-3-6-15-31/h3-30,45-46,49H,1-2H3,(H,50,51). The Balaban J connectivity index is 1.11. The molecule has 2 aliphatic rings. The van der Waals surface area contributed by atoms with Gasteiger partial charge in [-0.2, -0.15) is 0 Å². The molecule has 0 saturated carbocycles. The van der Waals surface area contributed by atoms with Crippen LogP contribution in [-0.2, 0) is 5.41 Å². The number of amidine groups is 1. The van der Waals surface area contributed by atoms with E-state index < -0.39 is 0 Å². The van der Waals surface area contributed by atoms with Gasteiger partial charge < -0.3 is 9.88 Å². The summed E-state index contributed by atoms with van der Waals surface area (Å²) in [6.45, 7) is 4.71. The average molecular weight is 671 g/mol. The maximum atomic E-state index is 5.30. The minimum absolute atomic E-state index is 0.0856. The highest BCUT2D eigenvalue weighted by atomic mass is 15.3. The summed E-state index contributed by atoms with van der Waals surface area (Å²) in [5, 5.41) is 10.1. The van der Waals surface area contributed by atoms with Crippen LogP contribution in [-0.4, -0.2) is 10.4 Å². The van der Waals surface area contributed by atoms with Crippen LogP contribution in [0, 0.1) is 0 Å². The molecule has 1 aliphatic heterocycles. The van der Waals surface area contributed by atoms with Gasteiger partial charge in [0.2, 0.25) is 0 Å². The number of hydrogen-bond acceptors (Lipinski definition) is 3. The topological polar surface area (TPSA) is 41.4 Å². The third-order valence-electron chi connectivity index (χ3n) is 11.1. The summed E-state index contributed by atoms with van der Waals surface area (Å²) in [5.74, 6) is 0.865. The molecule has 1 aromatic heterocycles. The van der Waals surface area contributed by atoms with Crippen molar-refractivity contribution in [3.05, 3.63) is 198 Å². The number of rotatable bonds is 5. The highest BCUT2D eigenvalue weighted by Crippen LogP contribution is 2.52. The van der Waals surface area contributed by atoms with Crippen molar-refractivity contribution in [3.63, 3.8) is 0 Å². The third kappa shape index (κ3) is 4.83. The van der Waals surface area contributed by atoms with E-state index in [4.69, 9.17) is 4.99 Å². The minimum atomic E-state index is -0.213. The van der Waals surface area contributed by atoms with Gasteiger partial charge in [0, 0.05) is 33.0 Å². The first-order chi connectivity index (χ1) is 25.5. The van der Waals surface area contributed by atoms with Gasteiger partial charge in [0.15, 0.2) is 0 Å². The molecule has 7 aromatic carbocycles. The van der Waals surface area contributed by atoms with Crippen molar-refractivity contribution < 1.29 is 0 Å². The molecule has 4 heteroatoms. The SMILES string of the molecule is CC1(C)c2ccccc2-c2c1ccc1c3ccccc3n(-c3cccc(C4=NC(c5ccccc5)NC(c5ccc(-c6ccccc6)cc5)N4)c3)c21. The lowest BCUT2D eigenvalue weighted by atomic mass is 9.82. The Morgan fingerprint density at radius 2 is 1.25 bits per heavy atom. The molecule has 2 heterocycles. The zero-order valence-corrected chi connectivity index (χ0v) is 29.2. The monoisotopic (exact) mass is 670 g/mol. The predicted molar refractivity (Wildman–Crippen MR) is 215 cm³/mol. The summed E-state index contributed by atoms with van der Waals surface area (Å²) in [4.78, 5) is 5.30. The third-order valence-corrected chi connectivity index (χ3v) is 11.1. The van der Waals surface area contributed by atoms with Crippen LogP contribution in [0.5, 0.6) is 0 Å². The van der Waals surface area contributed by atoms with Crippen LogP contribution in [0.1, 0.15) is 54.0 Å². The van der Waals surface area contributed by atoms with Gasteiger partial charge in [0.25, 0.3) is 0 Å². The van der Waals surface area contributed by atoms with Crippen LogP contribution < -0.4 is 10.6 Å². The molecule has 52 heavy (non-hydrogen) atoms. The Bertz CT molecular complexity index is 2650. The van der Waals surface area contributed by atoms with Crippen molar-refractivity contribution in [1.29, 1.82) is 0 Å². The average Bonchev–Trinajstić information content (AvgIpc) is 3.67. The maximum Gasteiger partial charge on any atom is 0.131 e. The number of aliphatic imine (C=N–C) groups is 1. The molecule has 2 N–H and O–H groups in total. The van der Waals surface area contributed by atoms with E-state index in [-0.39, 0.29) is 17.7 Å². The number of fused-ring (bicyclic) bond motifs is 7. The van der Waals surface area contributed by atoms with Crippen LogP contribution in [0.25, 0.3) is 49.7 Å². The fourth-order valence-corrected chi connectivity index (χ4v) is 8.48. The number of hydrogen-bond donors (Lipinski definition) is 2. The van der Waals surface area contributed by atoms with E-state index in [1.807, 2.05) is 0 Å². The van der Waals surface area contributed by atoms with Gasteiger partial charge in [-0.3, -0.25) is 5.32 Å². The number of nitrogens with one attached hydrogen (secondary N) is 2. The molecule has 2 unspecified atom stereocenters. The van der Waals surface area contributed by atoms with E-state index in [9.17, 15) is 0 Å². The van der Waals surface area contributed by atoms with E-state index in [0.29, 0.717) is 0 Å². The molecule has 0 spiro atoms. The first kappa shape index (κ1) is 30.6. The largest absolute Gasteiger partial charge is 0.350 e. The lowest BCUT2D eigenvalue weighted by molar-refractivity contribution is 0.409. The fourth-order valence-electron chi connectivity index (χ4n) is 8.48. The normalized spacial score (nSPS) is 17.4. The van der Waals surface area contributed by atoms with Crippen molar-refractivity contribution in [2.24, 2.45) is 4.99 Å². The second-order valence-electron chi connectivity index (χ2n) is 14.5. The molecule has 1 aliphatic carbocycles. The van der Waals surface area contributed by atoms with Gasteiger partial charge >= 0.3 is 0 Å². The second kappa shape index (κ2) is 11.9. The Labute approximate surface area is 304 Å². The molecule has 0 fully saturated rings. The Hall–Kier alpha value is -6.23. The van der Waals surface area contributed by atoms with Crippen LogP contribution in [0.2, 0.25) is 0 Å². The lowest BCUT2D eigenvalue weighted by Crippen LogP contribution is -2.45. The van der Waals surface area contributed by atoms with E-state index >= 15 is 0 Å². The van der Waals surface area contributed by atoms with Gasteiger partial charge in [0.05, 0.1) is 11.0 Å². The molecule has 250 valence electrons. The summed E-state index contributed by atoms with van der Waals surface area (Å²) >= 11 is 0. The summed E-state index contributed by atoms with van der Waals surface area (Å²) in [7, 11) is 0. The minimum Gasteiger partial charge on any atom is -0.350 e. The summed E-state index contributed by atoms with van der Waals surface area (Å²) in [6, 6.07) is 61.2. The molecule has 8 aromatic rings. The highest BCUT2D eigenvalue weighted by Gasteiger charge is 2.37. The van der Waals surface area contributed by atoms with Gasteiger partial charge in [-0.1, -0.05) is 166 Å². The molecular weight excluding hydrogens is 633 g/mol. The van der Waals surface area contributed by atoms with Crippen molar-refractivity contribution >= 4 is 27.6 Å². The predicted octanol–water partition coefficient (Wildman–Crippen LogP) is 11.1. The molecule has 2 atom stereocenters. The van der Waals surface area contributed by atoms with Crippen LogP contribution >= 0.6 is 0 Å². The number of benzene rings is 7. The second-order valence-corrected chi connectivity index (χ2v) is 14.5. The van der Waals surface area contributed by atoms with E-state index in [1.54, 1.807) is 0 Å². The first-order valence-electron chi connectivity index (χ1n) is 18.1. The summed E-state index contributed by atoms with van der Waals surface area (Å²) in [5.41, 5.74) is 14.6. The van der Waals surface area contributed by atoms with Crippen LogP contribution in [0.4, 0.5) is 0 Å². The molecular formula is C48H38N4. The van der Waals surface area contributed by atoms with Gasteiger partial charge in [-0.15, -0.1) is 0 Å². The van der Waals surface area contributed by atoms with Gasteiger partial charge in [0.1, 0.15) is 18.2 Å². The number of nitrogens with zero attached hydrogens (tertiary/aromatic N) is 2. The number of aromatic nitrogens is 1. The van der Waals surface area contributed by atoms with E-state index in [1.165, 1.54) is 55.2 Å². The molecule has 0 radical (unpaired) electrons. The summed E-state index contributed by atoms with van der Waals surface area (Å²) in [6.07, 6.45) is -0.350. The van der Waals surface area contributed by atoms with Crippen molar-refractivity contribution in [3.8, 4) is 27.9 Å². The fraction of sp³-hybridized carbons (Fsp3) is 0.104. The van der Waals surface area contributed by atoms with Crippen LogP contribution in [0.15, 0.2) is 175 Å². The Kier molecular flexibility index (Phi) is 7.02. The quantitative estimate of drug-likeness (QED) is 0.191. The first-order valence-corrected chi connectivity index (χ1v) is 18.1. The van der Waals surface area contributed by atoms with Crippen molar-refractivity contribution in [2.75, 3.05) is 0 Å². The molecule has 10 rings (SSSR count). The van der Waals surface area contributed by atoms with E-state index in [0.717, 1.165) is 28.2 Å². The molecule has 4 nitrogen and oxygen atoms in total. The zero-order valence-electron chi connectivity index (χ0n) is 29.2. The van der Waals surface area contributed by atoms with E-state index in [2.05, 4.69) is 199 Å². The lowest BCUT2D eigenvalue weighted by Gasteiger charge is -2.32. The zero-order chi connectivity index (χ0) is 34.8. The number of para-hydroxylation sites is 1. The molecule has 0 saturated heterocycles. The maximum absolute atomic E-state index is 5.30. The Morgan fingerprint density at radius 3 is 2.08 bits per heavy atom. The smallest absolute Gasteiger partial charge is 0.131 e.